The molecule has 2 aliphatic rings. The first kappa shape index (κ1) is 17.3. The van der Waals surface area contributed by atoms with E-state index in [4.69, 9.17) is 15.2 Å². The number of benzene rings is 2. The molecule has 0 amide bonds. The Morgan fingerprint density at radius 2 is 2.00 bits per heavy atom. The molecule has 10 heteroatoms. The number of nitrogens with zero attached hydrogens (tertiary/aromatic N) is 4. The van der Waals surface area contributed by atoms with E-state index in [9.17, 15) is 10.1 Å². The summed E-state index contributed by atoms with van der Waals surface area (Å²) in [5, 5.41) is 14.4. The zero-order valence-corrected chi connectivity index (χ0v) is 15.6. The SMILES string of the molecule is Cc1ccc([C@H]2N=C(N)Nc3nc4cc5c(cc4n32)OCCCO5)cc1[N+](=O)[O-]. The number of imidazole rings is 1. The monoisotopic (exact) mass is 394 g/mol. The van der Waals surface area contributed by atoms with Gasteiger partial charge in [0.15, 0.2) is 23.6 Å². The number of fused-ring (bicyclic) bond motifs is 4. The second-order valence-corrected chi connectivity index (χ2v) is 6.96. The van der Waals surface area contributed by atoms with Crippen LogP contribution >= 0.6 is 0 Å². The lowest BCUT2D eigenvalue weighted by molar-refractivity contribution is -0.385. The van der Waals surface area contributed by atoms with E-state index in [1.165, 1.54) is 6.07 Å². The Labute approximate surface area is 165 Å². The van der Waals surface area contributed by atoms with Gasteiger partial charge in [0.2, 0.25) is 5.95 Å². The standard InChI is InChI=1S/C19H18N6O4/c1-10-3-4-11(7-13(10)25(26)27)17-22-18(20)23-19-21-12-8-15-16(9-14(12)24(17)19)29-6-2-5-28-15/h3-4,7-9,17H,2,5-6H2,1H3,(H3,20,21,22,23)/t17-/m0/s1. The van der Waals surface area contributed by atoms with Crippen LogP contribution in [-0.4, -0.2) is 33.6 Å². The average molecular weight is 394 g/mol. The van der Waals surface area contributed by atoms with E-state index in [1.807, 2.05) is 22.8 Å². The van der Waals surface area contributed by atoms with Gasteiger partial charge >= 0.3 is 0 Å². The highest BCUT2D eigenvalue weighted by Gasteiger charge is 2.28. The van der Waals surface area contributed by atoms with Crippen molar-refractivity contribution in [3.63, 3.8) is 0 Å². The Hall–Kier alpha value is -3.82. The summed E-state index contributed by atoms with van der Waals surface area (Å²) in [4.78, 5) is 20.1. The second-order valence-electron chi connectivity index (χ2n) is 6.96. The van der Waals surface area contributed by atoms with Crippen LogP contribution in [0.25, 0.3) is 11.0 Å². The van der Waals surface area contributed by atoms with E-state index in [1.54, 1.807) is 13.0 Å². The summed E-state index contributed by atoms with van der Waals surface area (Å²) >= 11 is 0. The van der Waals surface area contributed by atoms with Gasteiger partial charge in [-0.05, 0) is 6.92 Å². The van der Waals surface area contributed by atoms with Gasteiger partial charge in [-0.25, -0.2) is 9.98 Å². The predicted octanol–water partition coefficient (Wildman–Crippen LogP) is 2.70. The third-order valence-corrected chi connectivity index (χ3v) is 5.03. The highest BCUT2D eigenvalue weighted by atomic mass is 16.6. The van der Waals surface area contributed by atoms with E-state index in [-0.39, 0.29) is 11.6 Å². The van der Waals surface area contributed by atoms with E-state index in [0.717, 1.165) is 11.9 Å². The molecule has 148 valence electrons. The quantitative estimate of drug-likeness (QED) is 0.505. The van der Waals surface area contributed by atoms with E-state index >= 15 is 0 Å². The maximum Gasteiger partial charge on any atom is 0.272 e. The minimum Gasteiger partial charge on any atom is -0.489 e. The molecule has 2 aromatic carbocycles. The predicted molar refractivity (Wildman–Crippen MR) is 107 cm³/mol. The molecule has 1 atom stereocenters. The minimum atomic E-state index is -0.597. The first-order chi connectivity index (χ1) is 14.0. The van der Waals surface area contributed by atoms with Crippen molar-refractivity contribution in [1.82, 2.24) is 9.55 Å². The highest BCUT2D eigenvalue weighted by Crippen LogP contribution is 2.39. The van der Waals surface area contributed by atoms with Gasteiger partial charge in [-0.15, -0.1) is 0 Å². The van der Waals surface area contributed by atoms with Gasteiger partial charge in [0.05, 0.1) is 29.2 Å². The molecule has 0 bridgehead atoms. The fraction of sp³-hybridized carbons (Fsp3) is 0.263. The Kier molecular flexibility index (Phi) is 3.79. The van der Waals surface area contributed by atoms with E-state index in [0.29, 0.717) is 47.3 Å². The van der Waals surface area contributed by atoms with Crippen LogP contribution in [0.4, 0.5) is 11.6 Å². The molecule has 10 nitrogen and oxygen atoms in total. The van der Waals surface area contributed by atoms with Gasteiger partial charge < -0.3 is 15.2 Å². The molecule has 0 radical (unpaired) electrons. The van der Waals surface area contributed by atoms with Crippen molar-refractivity contribution in [1.29, 1.82) is 0 Å². The van der Waals surface area contributed by atoms with Crippen LogP contribution in [0.3, 0.4) is 0 Å². The molecule has 0 saturated heterocycles. The van der Waals surface area contributed by atoms with E-state index in [2.05, 4.69) is 15.3 Å². The van der Waals surface area contributed by atoms with Crippen molar-refractivity contribution in [2.24, 2.45) is 10.7 Å². The maximum absolute atomic E-state index is 11.4. The number of hydrogen-bond donors (Lipinski definition) is 2. The molecule has 0 aliphatic carbocycles. The zero-order valence-electron chi connectivity index (χ0n) is 15.6. The maximum atomic E-state index is 11.4. The van der Waals surface area contributed by atoms with Crippen LogP contribution < -0.4 is 20.5 Å². The van der Waals surface area contributed by atoms with Crippen LogP contribution in [0.5, 0.6) is 11.5 Å². The van der Waals surface area contributed by atoms with E-state index < -0.39 is 11.1 Å². The minimum absolute atomic E-state index is 0.0337. The first-order valence-corrected chi connectivity index (χ1v) is 9.18. The number of nitro benzene ring substituents is 1. The molecule has 5 rings (SSSR count). The third kappa shape index (κ3) is 2.80. The third-order valence-electron chi connectivity index (χ3n) is 5.03. The number of aromatic nitrogens is 2. The van der Waals surface area contributed by atoms with Crippen LogP contribution in [0, 0.1) is 17.0 Å². The van der Waals surface area contributed by atoms with Crippen LogP contribution in [0.1, 0.15) is 23.7 Å². The summed E-state index contributed by atoms with van der Waals surface area (Å²) in [5.41, 5.74) is 8.68. The number of anilines is 1. The topological polar surface area (TPSA) is 130 Å². The van der Waals surface area contributed by atoms with Gasteiger partial charge in [0, 0.05) is 35.7 Å². The number of nitro groups is 1. The van der Waals surface area contributed by atoms with Gasteiger partial charge in [-0.2, -0.15) is 0 Å². The first-order valence-electron chi connectivity index (χ1n) is 9.18. The molecule has 0 fully saturated rings. The summed E-state index contributed by atoms with van der Waals surface area (Å²) in [6.07, 6.45) is 0.204. The fourth-order valence-electron chi connectivity index (χ4n) is 3.63. The fourth-order valence-corrected chi connectivity index (χ4v) is 3.63. The average Bonchev–Trinajstić information content (AvgIpc) is 2.87. The molecule has 3 heterocycles. The number of guanidine groups is 1. The second kappa shape index (κ2) is 6.36. The Morgan fingerprint density at radius 1 is 1.24 bits per heavy atom. The molecular formula is C19H18N6O4. The number of nitrogens with one attached hydrogen (secondary N) is 1. The van der Waals surface area contributed by atoms with Crippen molar-refractivity contribution in [2.45, 2.75) is 19.5 Å². The highest BCUT2D eigenvalue weighted by molar-refractivity contribution is 5.95. The normalized spacial score (nSPS) is 17.8. The van der Waals surface area contributed by atoms with Gasteiger partial charge in [-0.3, -0.25) is 20.0 Å². The lowest BCUT2D eigenvalue weighted by atomic mass is 10.1. The summed E-state index contributed by atoms with van der Waals surface area (Å²) in [7, 11) is 0. The molecule has 2 aliphatic heterocycles. The summed E-state index contributed by atoms with van der Waals surface area (Å²) in [5.74, 6) is 1.96. The molecule has 0 unspecified atom stereocenters. The van der Waals surface area contributed by atoms with Gasteiger partial charge in [-0.1, -0.05) is 12.1 Å². The summed E-state index contributed by atoms with van der Waals surface area (Å²) in [6.45, 7) is 2.85. The smallest absolute Gasteiger partial charge is 0.272 e. The van der Waals surface area contributed by atoms with Gasteiger partial charge in [0.1, 0.15) is 0 Å². The molecule has 3 aromatic rings. The van der Waals surface area contributed by atoms with Crippen LogP contribution in [0.15, 0.2) is 35.3 Å². The number of hydrogen-bond acceptors (Lipinski definition) is 8. The number of nitrogens with two attached hydrogens (primary N) is 1. The molecule has 29 heavy (non-hydrogen) atoms. The summed E-state index contributed by atoms with van der Waals surface area (Å²) in [6, 6.07) is 8.74. The molecule has 1 aromatic heterocycles. The number of aliphatic imine (C=N–C) groups is 1. The Bertz CT molecular complexity index is 1190. The Morgan fingerprint density at radius 3 is 2.76 bits per heavy atom. The lowest BCUT2D eigenvalue weighted by Crippen LogP contribution is -2.31. The number of rotatable bonds is 2. The van der Waals surface area contributed by atoms with Crippen molar-refractivity contribution in [2.75, 3.05) is 18.5 Å². The number of aryl methyl sites for hydroxylation is 1. The molecule has 3 N–H and O–H groups in total. The van der Waals surface area contributed by atoms with Gasteiger partial charge in [0.25, 0.3) is 5.69 Å². The largest absolute Gasteiger partial charge is 0.489 e. The molecular weight excluding hydrogens is 376 g/mol. The summed E-state index contributed by atoms with van der Waals surface area (Å²) < 4.78 is 13.4. The van der Waals surface area contributed by atoms with Crippen molar-refractivity contribution in [3.8, 4) is 11.5 Å². The van der Waals surface area contributed by atoms with Crippen LogP contribution in [-0.2, 0) is 0 Å². The zero-order chi connectivity index (χ0) is 20.1. The van der Waals surface area contributed by atoms with Crippen LogP contribution in [0.2, 0.25) is 0 Å². The number of ether oxygens (including phenoxy) is 2. The molecule has 0 spiro atoms. The molecule has 0 saturated carbocycles. The Balaban J connectivity index is 1.70. The van der Waals surface area contributed by atoms with Crippen molar-refractivity contribution < 1.29 is 14.4 Å². The van der Waals surface area contributed by atoms with Crippen molar-refractivity contribution in [3.05, 3.63) is 51.6 Å². The lowest BCUT2D eigenvalue weighted by Gasteiger charge is -2.24. The van der Waals surface area contributed by atoms with Crippen molar-refractivity contribution >= 4 is 28.6 Å².